The van der Waals surface area contributed by atoms with E-state index in [1.165, 1.54) is 11.3 Å². The molecule has 8 nitrogen and oxygen atoms in total. The summed E-state index contributed by atoms with van der Waals surface area (Å²) in [5, 5.41) is 3.14. The molecule has 0 saturated carbocycles. The molecule has 1 N–H and O–H groups in total. The molecule has 3 saturated heterocycles. The summed E-state index contributed by atoms with van der Waals surface area (Å²) in [6, 6.07) is 7.88. The number of carbonyl (C=O) groups is 3. The van der Waals surface area contributed by atoms with Gasteiger partial charge in [0.05, 0.1) is 0 Å². The van der Waals surface area contributed by atoms with Gasteiger partial charge in [-0.25, -0.2) is 4.79 Å². The van der Waals surface area contributed by atoms with Crippen molar-refractivity contribution in [3.63, 3.8) is 0 Å². The minimum Gasteiger partial charge on any atom is -0.378 e. The topological polar surface area (TPSA) is 76.2 Å². The van der Waals surface area contributed by atoms with Crippen LogP contribution < -0.4 is 10.2 Å². The molecule has 0 spiro atoms. The van der Waals surface area contributed by atoms with Gasteiger partial charge in [-0.2, -0.15) is 0 Å². The molecule has 1 aromatic carbocycles. The SMILES string of the molecule is CCC[C@@]1(C2CCN(C(=O)c3cccc(N(C)C)c3)CC2)NC(=O)N(CC[C@@H]2CCCN2C)C1=O. The van der Waals surface area contributed by atoms with Crippen molar-refractivity contribution in [2.24, 2.45) is 5.92 Å². The van der Waals surface area contributed by atoms with E-state index in [4.69, 9.17) is 0 Å². The summed E-state index contributed by atoms with van der Waals surface area (Å²) in [6.07, 6.45) is 6.02. The van der Waals surface area contributed by atoms with Gasteiger partial charge in [-0.1, -0.05) is 19.4 Å². The number of hydrogen-bond acceptors (Lipinski definition) is 5. The Morgan fingerprint density at radius 1 is 1.14 bits per heavy atom. The van der Waals surface area contributed by atoms with Crippen LogP contribution in [0.15, 0.2) is 24.3 Å². The van der Waals surface area contributed by atoms with Crippen molar-refractivity contribution in [1.29, 1.82) is 0 Å². The molecule has 1 aromatic rings. The van der Waals surface area contributed by atoms with E-state index in [1.54, 1.807) is 0 Å². The number of piperidine rings is 1. The van der Waals surface area contributed by atoms with Crippen LogP contribution in [0.1, 0.15) is 62.2 Å². The number of urea groups is 1. The number of carbonyl (C=O) groups excluding carboxylic acids is 3. The van der Waals surface area contributed by atoms with Crippen LogP contribution in [-0.4, -0.2) is 91.4 Å². The highest BCUT2D eigenvalue weighted by Gasteiger charge is 2.55. The van der Waals surface area contributed by atoms with Gasteiger partial charge in [-0.15, -0.1) is 0 Å². The predicted molar refractivity (Wildman–Crippen MR) is 138 cm³/mol. The first-order valence-electron chi connectivity index (χ1n) is 13.2. The highest BCUT2D eigenvalue weighted by Crippen LogP contribution is 2.37. The van der Waals surface area contributed by atoms with Crippen molar-refractivity contribution in [3.8, 4) is 0 Å². The van der Waals surface area contributed by atoms with Crippen molar-refractivity contribution in [3.05, 3.63) is 29.8 Å². The average Bonchev–Trinajstić information content (AvgIpc) is 3.37. The summed E-state index contributed by atoms with van der Waals surface area (Å²) in [7, 11) is 6.05. The standard InChI is InChI=1S/C27H41N5O3/c1-5-14-27(25(34)32(26(35)28-27)18-13-22-10-7-15-30(22)4)21-11-16-31(17-12-21)24(33)20-8-6-9-23(19-20)29(2)3/h6,8-9,19,21-22H,5,7,10-18H2,1-4H3,(H,28,35)/t22-,27-/m0/s1. The summed E-state index contributed by atoms with van der Waals surface area (Å²) in [5.74, 6) is 0.00413. The Morgan fingerprint density at radius 3 is 2.51 bits per heavy atom. The maximum atomic E-state index is 13.7. The fourth-order valence-electron chi connectivity index (χ4n) is 6.19. The van der Waals surface area contributed by atoms with E-state index in [-0.39, 0.29) is 23.8 Å². The molecule has 0 aliphatic carbocycles. The Morgan fingerprint density at radius 2 is 1.89 bits per heavy atom. The number of nitrogens with zero attached hydrogens (tertiary/aromatic N) is 4. The van der Waals surface area contributed by atoms with Crippen molar-refractivity contribution < 1.29 is 14.4 Å². The number of anilines is 1. The largest absolute Gasteiger partial charge is 0.378 e. The number of benzene rings is 1. The zero-order valence-electron chi connectivity index (χ0n) is 21.8. The minimum atomic E-state index is -0.840. The van der Waals surface area contributed by atoms with Crippen LogP contribution in [-0.2, 0) is 4.79 Å². The molecule has 3 heterocycles. The average molecular weight is 484 g/mol. The van der Waals surface area contributed by atoms with E-state index < -0.39 is 5.54 Å². The third-order valence-electron chi connectivity index (χ3n) is 8.29. The van der Waals surface area contributed by atoms with E-state index in [0.29, 0.717) is 50.5 Å². The number of rotatable bonds is 8. The van der Waals surface area contributed by atoms with Crippen LogP contribution in [0.25, 0.3) is 0 Å². The van der Waals surface area contributed by atoms with Crippen LogP contribution in [0.4, 0.5) is 10.5 Å². The molecule has 8 heteroatoms. The minimum absolute atomic E-state index is 0.0285. The molecule has 3 fully saturated rings. The van der Waals surface area contributed by atoms with Crippen LogP contribution in [0.3, 0.4) is 0 Å². The molecular formula is C27H41N5O3. The Bertz CT molecular complexity index is 942. The second kappa shape index (κ2) is 10.6. The Kier molecular flexibility index (Phi) is 7.69. The lowest BCUT2D eigenvalue weighted by atomic mass is 9.74. The van der Waals surface area contributed by atoms with Crippen LogP contribution >= 0.6 is 0 Å². The lowest BCUT2D eigenvalue weighted by molar-refractivity contribution is -0.134. The second-order valence-corrected chi connectivity index (χ2v) is 10.7. The quantitative estimate of drug-likeness (QED) is 0.575. The normalized spacial score (nSPS) is 25.9. The van der Waals surface area contributed by atoms with Crippen molar-refractivity contribution in [2.45, 2.75) is 63.5 Å². The number of likely N-dealkylation sites (tertiary alicyclic amines) is 2. The predicted octanol–water partition coefficient (Wildman–Crippen LogP) is 3.18. The van der Waals surface area contributed by atoms with Gasteiger partial charge >= 0.3 is 6.03 Å². The van der Waals surface area contributed by atoms with Crippen molar-refractivity contribution in [2.75, 3.05) is 52.2 Å². The summed E-state index contributed by atoms with van der Waals surface area (Å²) >= 11 is 0. The zero-order chi connectivity index (χ0) is 25.2. The molecule has 4 rings (SSSR count). The number of nitrogens with one attached hydrogen (secondary N) is 1. The highest BCUT2D eigenvalue weighted by atomic mass is 16.2. The molecule has 0 unspecified atom stereocenters. The lowest BCUT2D eigenvalue weighted by Gasteiger charge is -2.41. The van der Waals surface area contributed by atoms with Crippen molar-refractivity contribution >= 4 is 23.5 Å². The molecule has 4 amide bonds. The van der Waals surface area contributed by atoms with Gasteiger partial charge in [-0.3, -0.25) is 14.5 Å². The first kappa shape index (κ1) is 25.5. The fourth-order valence-corrected chi connectivity index (χ4v) is 6.19. The molecule has 35 heavy (non-hydrogen) atoms. The van der Waals surface area contributed by atoms with Crippen LogP contribution in [0, 0.1) is 5.92 Å². The molecule has 0 radical (unpaired) electrons. The number of imide groups is 1. The van der Waals surface area contributed by atoms with Crippen LogP contribution in [0.2, 0.25) is 0 Å². The molecule has 192 valence electrons. The smallest absolute Gasteiger partial charge is 0.325 e. The lowest BCUT2D eigenvalue weighted by Crippen LogP contribution is -2.56. The first-order valence-corrected chi connectivity index (χ1v) is 13.2. The van der Waals surface area contributed by atoms with E-state index in [9.17, 15) is 14.4 Å². The van der Waals surface area contributed by atoms with Crippen LogP contribution in [0.5, 0.6) is 0 Å². The van der Waals surface area contributed by atoms with Crippen molar-refractivity contribution in [1.82, 2.24) is 20.0 Å². The van der Waals surface area contributed by atoms with Gasteiger partial charge in [0.25, 0.3) is 11.8 Å². The van der Waals surface area contributed by atoms with Gasteiger partial charge in [0, 0.05) is 51.0 Å². The molecule has 3 aliphatic rings. The maximum Gasteiger partial charge on any atom is 0.325 e. The molecule has 0 aromatic heterocycles. The third kappa shape index (κ3) is 5.03. The second-order valence-electron chi connectivity index (χ2n) is 10.7. The van der Waals surface area contributed by atoms with Gasteiger partial charge in [0.1, 0.15) is 5.54 Å². The molecule has 3 aliphatic heterocycles. The first-order chi connectivity index (χ1) is 16.8. The van der Waals surface area contributed by atoms with Gasteiger partial charge in [-0.05, 0) is 76.2 Å². The highest BCUT2D eigenvalue weighted by molar-refractivity contribution is 6.07. The molecule has 0 bridgehead atoms. The van der Waals surface area contributed by atoms with E-state index in [1.807, 2.05) is 48.2 Å². The summed E-state index contributed by atoms with van der Waals surface area (Å²) < 4.78 is 0. The Labute approximate surface area is 209 Å². The Hall–Kier alpha value is -2.61. The molecular weight excluding hydrogens is 442 g/mol. The number of amides is 4. The van der Waals surface area contributed by atoms with Gasteiger partial charge in [0.2, 0.25) is 0 Å². The molecule has 2 atom stereocenters. The van der Waals surface area contributed by atoms with E-state index in [0.717, 1.165) is 31.5 Å². The monoisotopic (exact) mass is 483 g/mol. The van der Waals surface area contributed by atoms with E-state index in [2.05, 4.69) is 24.2 Å². The van der Waals surface area contributed by atoms with Gasteiger partial charge < -0.3 is 20.0 Å². The summed E-state index contributed by atoms with van der Waals surface area (Å²) in [5.41, 5.74) is 0.843. The zero-order valence-corrected chi connectivity index (χ0v) is 21.8. The summed E-state index contributed by atoms with van der Waals surface area (Å²) in [4.78, 5) is 47.5. The summed E-state index contributed by atoms with van der Waals surface area (Å²) in [6.45, 7) is 4.81. The number of hydrogen-bond donors (Lipinski definition) is 1. The third-order valence-corrected chi connectivity index (χ3v) is 8.29. The van der Waals surface area contributed by atoms with Gasteiger partial charge in [0.15, 0.2) is 0 Å². The Balaban J connectivity index is 1.42. The fraction of sp³-hybridized carbons (Fsp3) is 0.667. The maximum absolute atomic E-state index is 13.7. The van der Waals surface area contributed by atoms with E-state index >= 15 is 0 Å².